The van der Waals surface area contributed by atoms with Crippen LogP contribution in [-0.2, 0) is 14.8 Å². The Morgan fingerprint density at radius 1 is 1.03 bits per heavy atom. The number of amides is 1. The van der Waals surface area contributed by atoms with Crippen molar-refractivity contribution in [2.45, 2.75) is 24.7 Å². The summed E-state index contributed by atoms with van der Waals surface area (Å²) in [5.74, 6) is -1.60. The molecule has 1 aliphatic rings. The van der Waals surface area contributed by atoms with Gasteiger partial charge in [0.15, 0.2) is 0 Å². The lowest BCUT2D eigenvalue weighted by atomic mass is 9.88. The van der Waals surface area contributed by atoms with E-state index >= 15 is 0 Å². The number of piperazine rings is 1. The highest BCUT2D eigenvalue weighted by molar-refractivity contribution is 7.89. The Kier molecular flexibility index (Phi) is 7.02. The minimum Gasteiger partial charge on any atom is -0.369 e. The topological polar surface area (TPSA) is 89.9 Å². The molecule has 0 radical (unpaired) electrons. The standard InChI is InChI=1S/C21H26ClN3O4S/c1-15(2)20(21(26)23-27)18-5-3-4-6-19(18)30(28,29)25-13-11-24(12-14-25)17-9-7-16(22)8-10-17/h3-10,15,20,27H,11-14H2,1-2H3,(H,23,26). The van der Waals surface area contributed by atoms with Crippen molar-refractivity contribution in [3.8, 4) is 0 Å². The van der Waals surface area contributed by atoms with E-state index in [1.807, 2.05) is 38.1 Å². The fraction of sp³-hybridized carbons (Fsp3) is 0.381. The molecule has 2 aromatic carbocycles. The monoisotopic (exact) mass is 451 g/mol. The average Bonchev–Trinajstić information content (AvgIpc) is 2.74. The van der Waals surface area contributed by atoms with Crippen LogP contribution in [0.25, 0.3) is 0 Å². The number of nitrogens with zero attached hydrogens (tertiary/aromatic N) is 2. The third-order valence-electron chi connectivity index (χ3n) is 5.36. The highest BCUT2D eigenvalue weighted by Crippen LogP contribution is 2.32. The summed E-state index contributed by atoms with van der Waals surface area (Å²) in [6.45, 7) is 5.39. The molecule has 1 fully saturated rings. The van der Waals surface area contributed by atoms with Crippen LogP contribution in [0.3, 0.4) is 0 Å². The molecule has 1 unspecified atom stereocenters. The van der Waals surface area contributed by atoms with E-state index in [0.29, 0.717) is 36.8 Å². The van der Waals surface area contributed by atoms with Gasteiger partial charge in [0.25, 0.3) is 5.91 Å². The van der Waals surface area contributed by atoms with Gasteiger partial charge in [-0.3, -0.25) is 10.0 Å². The van der Waals surface area contributed by atoms with Crippen molar-refractivity contribution in [3.63, 3.8) is 0 Å². The fourth-order valence-corrected chi connectivity index (χ4v) is 5.61. The van der Waals surface area contributed by atoms with Gasteiger partial charge in [-0.15, -0.1) is 0 Å². The van der Waals surface area contributed by atoms with Gasteiger partial charge in [0.05, 0.1) is 10.8 Å². The summed E-state index contributed by atoms with van der Waals surface area (Å²) in [6, 6.07) is 14.0. The van der Waals surface area contributed by atoms with Crippen LogP contribution in [-0.4, -0.2) is 50.0 Å². The predicted molar refractivity (Wildman–Crippen MR) is 116 cm³/mol. The number of anilines is 1. The van der Waals surface area contributed by atoms with Gasteiger partial charge in [0.2, 0.25) is 10.0 Å². The molecular weight excluding hydrogens is 426 g/mol. The quantitative estimate of drug-likeness (QED) is 0.520. The Hall–Kier alpha value is -2.13. The van der Waals surface area contributed by atoms with E-state index in [1.165, 1.54) is 10.4 Å². The van der Waals surface area contributed by atoms with E-state index in [0.717, 1.165) is 5.69 Å². The maximum absolute atomic E-state index is 13.4. The summed E-state index contributed by atoms with van der Waals surface area (Å²) in [5.41, 5.74) is 3.05. The van der Waals surface area contributed by atoms with Gasteiger partial charge in [-0.1, -0.05) is 43.6 Å². The Balaban J connectivity index is 1.85. The smallest absolute Gasteiger partial charge is 0.251 e. The van der Waals surface area contributed by atoms with Gasteiger partial charge in [-0.05, 0) is 41.8 Å². The van der Waals surface area contributed by atoms with E-state index in [4.69, 9.17) is 16.8 Å². The molecule has 2 N–H and O–H groups in total. The minimum absolute atomic E-state index is 0.104. The summed E-state index contributed by atoms with van der Waals surface area (Å²) in [4.78, 5) is 14.5. The summed E-state index contributed by atoms with van der Waals surface area (Å²) >= 11 is 5.95. The molecule has 162 valence electrons. The highest BCUT2D eigenvalue weighted by atomic mass is 35.5. The zero-order valence-electron chi connectivity index (χ0n) is 17.0. The number of rotatable bonds is 6. The van der Waals surface area contributed by atoms with E-state index in [9.17, 15) is 13.2 Å². The Morgan fingerprint density at radius 3 is 2.20 bits per heavy atom. The van der Waals surface area contributed by atoms with Crippen molar-refractivity contribution in [3.05, 3.63) is 59.1 Å². The number of sulfonamides is 1. The molecular formula is C21H26ClN3O4S. The first-order valence-electron chi connectivity index (χ1n) is 9.79. The predicted octanol–water partition coefficient (Wildman–Crippen LogP) is 3.10. The fourth-order valence-electron chi connectivity index (χ4n) is 3.82. The molecule has 1 saturated heterocycles. The van der Waals surface area contributed by atoms with Gasteiger partial charge >= 0.3 is 0 Å². The second kappa shape index (κ2) is 9.34. The Labute approximate surface area is 182 Å². The number of carbonyl (C=O) groups excluding carboxylic acids is 1. The van der Waals surface area contributed by atoms with E-state index in [1.54, 1.807) is 23.7 Å². The lowest BCUT2D eigenvalue weighted by Gasteiger charge is -2.36. The van der Waals surface area contributed by atoms with Crippen LogP contribution in [0.15, 0.2) is 53.4 Å². The molecule has 0 aliphatic carbocycles. The number of carbonyl (C=O) groups is 1. The van der Waals surface area contributed by atoms with Crippen LogP contribution < -0.4 is 10.4 Å². The van der Waals surface area contributed by atoms with Gasteiger partial charge in [-0.25, -0.2) is 13.9 Å². The minimum atomic E-state index is -3.80. The molecule has 3 rings (SSSR count). The molecule has 1 atom stereocenters. The van der Waals surface area contributed by atoms with Crippen LogP contribution in [0.4, 0.5) is 5.69 Å². The van der Waals surface area contributed by atoms with Crippen LogP contribution in [0, 0.1) is 5.92 Å². The Morgan fingerprint density at radius 2 is 1.63 bits per heavy atom. The summed E-state index contributed by atoms with van der Waals surface area (Å²) in [7, 11) is -3.80. The summed E-state index contributed by atoms with van der Waals surface area (Å²) in [5, 5.41) is 9.79. The lowest BCUT2D eigenvalue weighted by molar-refractivity contribution is -0.131. The molecule has 9 heteroatoms. The van der Waals surface area contributed by atoms with Gasteiger partial charge < -0.3 is 4.90 Å². The molecule has 0 spiro atoms. The first-order chi connectivity index (χ1) is 14.3. The van der Waals surface area contributed by atoms with E-state index in [-0.39, 0.29) is 10.8 Å². The highest BCUT2D eigenvalue weighted by Gasteiger charge is 2.34. The van der Waals surface area contributed by atoms with Crippen LogP contribution in [0.5, 0.6) is 0 Å². The molecule has 1 aliphatic heterocycles. The number of hydrogen-bond acceptors (Lipinski definition) is 5. The van der Waals surface area contributed by atoms with Crippen LogP contribution in [0.1, 0.15) is 25.3 Å². The van der Waals surface area contributed by atoms with Crippen molar-refractivity contribution in [2.75, 3.05) is 31.1 Å². The average molecular weight is 452 g/mol. The third kappa shape index (κ3) is 4.62. The maximum atomic E-state index is 13.4. The molecule has 0 bridgehead atoms. The van der Waals surface area contributed by atoms with Crippen LogP contribution in [0.2, 0.25) is 5.02 Å². The number of hydroxylamine groups is 1. The molecule has 1 heterocycles. The molecule has 30 heavy (non-hydrogen) atoms. The number of hydrogen-bond donors (Lipinski definition) is 2. The first kappa shape index (κ1) is 22.6. The normalized spacial score (nSPS) is 16.5. The second-order valence-electron chi connectivity index (χ2n) is 7.60. The third-order valence-corrected chi connectivity index (χ3v) is 7.59. The van der Waals surface area contributed by atoms with Gasteiger partial charge in [-0.2, -0.15) is 4.31 Å². The lowest BCUT2D eigenvalue weighted by Crippen LogP contribution is -2.49. The maximum Gasteiger partial charge on any atom is 0.251 e. The molecule has 0 aromatic heterocycles. The first-order valence-corrected chi connectivity index (χ1v) is 11.6. The van der Waals surface area contributed by atoms with Crippen molar-refractivity contribution >= 4 is 33.2 Å². The van der Waals surface area contributed by atoms with E-state index < -0.39 is 21.8 Å². The van der Waals surface area contributed by atoms with E-state index in [2.05, 4.69) is 4.90 Å². The molecule has 7 nitrogen and oxygen atoms in total. The molecule has 1 amide bonds. The summed E-state index contributed by atoms with van der Waals surface area (Å²) in [6.07, 6.45) is 0. The van der Waals surface area contributed by atoms with Crippen LogP contribution >= 0.6 is 11.6 Å². The number of halogens is 1. The summed E-state index contributed by atoms with van der Waals surface area (Å²) < 4.78 is 28.3. The zero-order chi connectivity index (χ0) is 21.9. The number of nitrogens with one attached hydrogen (secondary N) is 1. The SMILES string of the molecule is CC(C)C(C(=O)NO)c1ccccc1S(=O)(=O)N1CCN(c2ccc(Cl)cc2)CC1. The molecule has 0 saturated carbocycles. The van der Waals surface area contributed by atoms with Crippen molar-refractivity contribution < 1.29 is 18.4 Å². The zero-order valence-corrected chi connectivity index (χ0v) is 18.5. The number of benzene rings is 2. The molecule has 2 aromatic rings. The van der Waals surface area contributed by atoms with Gasteiger partial charge in [0, 0.05) is 36.9 Å². The van der Waals surface area contributed by atoms with Crippen molar-refractivity contribution in [1.82, 2.24) is 9.79 Å². The van der Waals surface area contributed by atoms with Crippen molar-refractivity contribution in [1.29, 1.82) is 0 Å². The Bertz CT molecular complexity index is 988. The largest absolute Gasteiger partial charge is 0.369 e. The second-order valence-corrected chi connectivity index (χ2v) is 9.95. The van der Waals surface area contributed by atoms with Crippen molar-refractivity contribution in [2.24, 2.45) is 5.92 Å². The van der Waals surface area contributed by atoms with Gasteiger partial charge in [0.1, 0.15) is 0 Å².